The molecule has 164 valence electrons. The van der Waals surface area contributed by atoms with Crippen molar-refractivity contribution in [1.29, 1.82) is 0 Å². The second kappa shape index (κ2) is 7.12. The van der Waals surface area contributed by atoms with Crippen LogP contribution in [-0.4, -0.2) is 32.5 Å². The number of aromatic hydroxyl groups is 1. The molecular weight excluding hydrogens is 422 g/mol. The lowest BCUT2D eigenvalue weighted by Gasteiger charge is -2.36. The number of phenolic OH excluding ortho intramolecular Hbond substituents is 1. The van der Waals surface area contributed by atoms with Gasteiger partial charge in [0.15, 0.2) is 5.82 Å². The molecular formula is C26H20F2N4O. The van der Waals surface area contributed by atoms with Gasteiger partial charge in [0.1, 0.15) is 22.8 Å². The van der Waals surface area contributed by atoms with E-state index in [1.54, 1.807) is 13.2 Å². The molecule has 1 aliphatic carbocycles. The molecule has 0 radical (unpaired) electrons. The number of terminal acetylenes is 1. The van der Waals surface area contributed by atoms with Gasteiger partial charge in [0, 0.05) is 42.2 Å². The Morgan fingerprint density at radius 1 is 1.21 bits per heavy atom. The van der Waals surface area contributed by atoms with E-state index in [-0.39, 0.29) is 22.6 Å². The maximum atomic E-state index is 16.0. The zero-order valence-electron chi connectivity index (χ0n) is 17.9. The van der Waals surface area contributed by atoms with Crippen molar-refractivity contribution in [3.8, 4) is 29.4 Å². The number of rotatable bonds is 2. The Morgan fingerprint density at radius 3 is 2.76 bits per heavy atom. The molecule has 5 nitrogen and oxygen atoms in total. The minimum atomic E-state index is -0.590. The maximum Gasteiger partial charge on any atom is 0.175 e. The predicted molar refractivity (Wildman–Crippen MR) is 123 cm³/mol. The first-order chi connectivity index (χ1) is 16.0. The third kappa shape index (κ3) is 2.87. The van der Waals surface area contributed by atoms with Crippen LogP contribution in [0.4, 0.5) is 8.78 Å². The lowest BCUT2D eigenvalue weighted by atomic mass is 9.79. The Balaban J connectivity index is 1.62. The SMILES string of the molecule is C#Cc1c(F)ccc2cc(O)cc(-c3ncc4c(C5=CC6CCC5CN6)nn(C)c4c3F)c12. The van der Waals surface area contributed by atoms with Crippen molar-refractivity contribution in [2.45, 2.75) is 18.9 Å². The van der Waals surface area contributed by atoms with E-state index in [2.05, 4.69) is 27.4 Å². The van der Waals surface area contributed by atoms with Gasteiger partial charge in [-0.2, -0.15) is 5.10 Å². The molecule has 2 N–H and O–H groups in total. The van der Waals surface area contributed by atoms with Gasteiger partial charge in [-0.05, 0) is 47.9 Å². The van der Waals surface area contributed by atoms with Crippen molar-refractivity contribution in [1.82, 2.24) is 20.1 Å². The number of nitrogens with one attached hydrogen (secondary N) is 1. The monoisotopic (exact) mass is 442 g/mol. The topological polar surface area (TPSA) is 63.0 Å². The van der Waals surface area contributed by atoms with Gasteiger partial charge < -0.3 is 10.4 Å². The molecule has 0 saturated carbocycles. The van der Waals surface area contributed by atoms with Crippen LogP contribution in [0.1, 0.15) is 24.1 Å². The van der Waals surface area contributed by atoms with Gasteiger partial charge in [0.25, 0.3) is 0 Å². The molecule has 2 aliphatic heterocycles. The van der Waals surface area contributed by atoms with Crippen LogP contribution in [0.15, 0.2) is 36.5 Å². The number of fused-ring (bicyclic) bond motifs is 4. The molecule has 1 fully saturated rings. The number of aromatic nitrogens is 3. The summed E-state index contributed by atoms with van der Waals surface area (Å²) >= 11 is 0. The number of pyridine rings is 1. The fourth-order valence-electron chi connectivity index (χ4n) is 5.29. The molecule has 1 saturated heterocycles. The molecule has 7 heteroatoms. The highest BCUT2D eigenvalue weighted by molar-refractivity contribution is 6.03. The summed E-state index contributed by atoms with van der Waals surface area (Å²) in [7, 11) is 1.70. The third-order valence-corrected chi connectivity index (χ3v) is 6.82. The number of aryl methyl sites for hydroxylation is 1. The van der Waals surface area contributed by atoms with E-state index in [9.17, 15) is 9.50 Å². The third-order valence-electron chi connectivity index (χ3n) is 6.82. The van der Waals surface area contributed by atoms with E-state index >= 15 is 4.39 Å². The van der Waals surface area contributed by atoms with Crippen LogP contribution in [0.2, 0.25) is 0 Å². The lowest BCUT2D eigenvalue weighted by Crippen LogP contribution is -2.42. The number of benzene rings is 2. The summed E-state index contributed by atoms with van der Waals surface area (Å²) in [6.07, 6.45) is 11.5. The van der Waals surface area contributed by atoms with Crippen molar-refractivity contribution < 1.29 is 13.9 Å². The summed E-state index contributed by atoms with van der Waals surface area (Å²) in [6.45, 7) is 0.887. The van der Waals surface area contributed by atoms with E-state index in [1.165, 1.54) is 28.9 Å². The fraction of sp³-hybridized carbons (Fsp3) is 0.231. The summed E-state index contributed by atoms with van der Waals surface area (Å²) < 4.78 is 32.0. The molecule has 0 amide bonds. The average molecular weight is 442 g/mol. The van der Waals surface area contributed by atoms with E-state index in [1.807, 2.05) is 0 Å². The van der Waals surface area contributed by atoms with E-state index in [0.717, 1.165) is 30.7 Å². The molecule has 2 bridgehead atoms. The van der Waals surface area contributed by atoms with Crippen molar-refractivity contribution in [2.24, 2.45) is 13.0 Å². The molecule has 3 aliphatic rings. The van der Waals surface area contributed by atoms with Crippen LogP contribution >= 0.6 is 0 Å². The number of hydrogen-bond acceptors (Lipinski definition) is 4. The van der Waals surface area contributed by atoms with E-state index in [4.69, 9.17) is 6.42 Å². The summed E-state index contributed by atoms with van der Waals surface area (Å²) in [5.74, 6) is 1.43. The molecule has 4 aromatic rings. The molecule has 7 rings (SSSR count). The van der Waals surface area contributed by atoms with Gasteiger partial charge in [-0.15, -0.1) is 6.42 Å². The van der Waals surface area contributed by atoms with Gasteiger partial charge in [-0.1, -0.05) is 18.1 Å². The van der Waals surface area contributed by atoms with Crippen LogP contribution in [0, 0.1) is 29.9 Å². The van der Waals surface area contributed by atoms with Crippen LogP contribution in [0.3, 0.4) is 0 Å². The maximum absolute atomic E-state index is 16.0. The lowest BCUT2D eigenvalue weighted by molar-refractivity contribution is 0.374. The Labute approximate surface area is 188 Å². The first kappa shape index (κ1) is 19.9. The molecule has 4 heterocycles. The predicted octanol–water partition coefficient (Wildman–Crippen LogP) is 4.52. The molecule has 2 unspecified atom stereocenters. The number of halogens is 2. The summed E-state index contributed by atoms with van der Waals surface area (Å²) in [5.41, 5.74) is 2.41. The first-order valence-electron chi connectivity index (χ1n) is 10.8. The highest BCUT2D eigenvalue weighted by Crippen LogP contribution is 2.41. The van der Waals surface area contributed by atoms with E-state index in [0.29, 0.717) is 33.6 Å². The first-order valence-corrected chi connectivity index (χ1v) is 10.8. The second-order valence-electron chi connectivity index (χ2n) is 8.72. The molecule has 2 aromatic heterocycles. The standard InChI is InChI=1S/C26H20F2N4O/c1-3-17-21(27)7-5-13-8-16(33)10-19(22(13)17)25-23(28)26-20(12-30-25)24(31-32(26)2)18-9-15-6-4-14(18)11-29-15/h1,5,7-10,12,14-15,29,33H,4,6,11H2,2H3. The summed E-state index contributed by atoms with van der Waals surface area (Å²) in [6, 6.07) is 5.89. The Kier molecular flexibility index (Phi) is 4.29. The normalized spacial score (nSPS) is 19.8. The van der Waals surface area contributed by atoms with Gasteiger partial charge in [0.05, 0.1) is 11.3 Å². The molecule has 2 atom stereocenters. The zero-order valence-corrected chi connectivity index (χ0v) is 17.9. The van der Waals surface area contributed by atoms with Crippen molar-refractivity contribution >= 4 is 27.2 Å². The van der Waals surface area contributed by atoms with Gasteiger partial charge in [-0.25, -0.2) is 8.78 Å². The summed E-state index contributed by atoms with van der Waals surface area (Å²) in [4.78, 5) is 4.43. The van der Waals surface area contributed by atoms with Gasteiger partial charge in [-0.3, -0.25) is 9.67 Å². The zero-order chi connectivity index (χ0) is 22.9. The minimum Gasteiger partial charge on any atom is -0.508 e. The number of nitrogens with zero attached hydrogens (tertiary/aromatic N) is 3. The second-order valence-corrected chi connectivity index (χ2v) is 8.72. The Hall–Kier alpha value is -3.76. The fourth-order valence-corrected chi connectivity index (χ4v) is 5.29. The summed E-state index contributed by atoms with van der Waals surface area (Å²) in [5, 5.41) is 19.9. The van der Waals surface area contributed by atoms with Crippen LogP contribution in [-0.2, 0) is 7.05 Å². The smallest absolute Gasteiger partial charge is 0.175 e. The van der Waals surface area contributed by atoms with Crippen molar-refractivity contribution in [2.75, 3.05) is 6.54 Å². The highest BCUT2D eigenvalue weighted by Gasteiger charge is 2.32. The number of phenols is 1. The molecule has 0 spiro atoms. The van der Waals surface area contributed by atoms with Gasteiger partial charge in [0.2, 0.25) is 0 Å². The minimum absolute atomic E-state index is 0.00498. The molecule has 2 aromatic carbocycles. The number of hydrogen-bond donors (Lipinski definition) is 2. The molecule has 33 heavy (non-hydrogen) atoms. The van der Waals surface area contributed by atoms with Crippen molar-refractivity contribution in [3.05, 3.63) is 59.4 Å². The Morgan fingerprint density at radius 2 is 2.06 bits per heavy atom. The average Bonchev–Trinajstić information content (AvgIpc) is 3.17. The largest absolute Gasteiger partial charge is 0.508 e. The van der Waals surface area contributed by atoms with E-state index < -0.39 is 11.6 Å². The highest BCUT2D eigenvalue weighted by atomic mass is 19.1. The van der Waals surface area contributed by atoms with Crippen LogP contribution in [0.5, 0.6) is 5.75 Å². The van der Waals surface area contributed by atoms with Crippen LogP contribution < -0.4 is 5.32 Å². The quantitative estimate of drug-likeness (QED) is 0.448. The Bertz CT molecular complexity index is 1540. The number of piperidine rings is 1. The van der Waals surface area contributed by atoms with Crippen LogP contribution in [0.25, 0.3) is 38.5 Å². The van der Waals surface area contributed by atoms with Crippen molar-refractivity contribution in [3.63, 3.8) is 0 Å². The van der Waals surface area contributed by atoms with Gasteiger partial charge >= 0.3 is 0 Å².